The number of hydrogen-bond donors (Lipinski definition) is 1. The van der Waals surface area contributed by atoms with Crippen molar-refractivity contribution in [3.8, 4) is 22.9 Å². The molecular weight excluding hydrogens is 395 g/mol. The standard InChI is InChI=1S/C21H21FN2O4S/c1-12-5-6-14(10-16(12)22)19-23-18(29-24-19)11-27-15-7-8-17(13(2)9-15)28-21(3,4)20(25)26/h5-10H,11H2,1-4H3,(H,25,26). The molecule has 0 fully saturated rings. The van der Waals surface area contributed by atoms with Gasteiger partial charge in [0, 0.05) is 5.56 Å². The van der Waals surface area contributed by atoms with Crippen molar-refractivity contribution in [2.75, 3.05) is 0 Å². The lowest BCUT2D eigenvalue weighted by atomic mass is 10.1. The molecule has 0 radical (unpaired) electrons. The van der Waals surface area contributed by atoms with Crippen LogP contribution in [0, 0.1) is 19.7 Å². The fourth-order valence-corrected chi connectivity index (χ4v) is 3.03. The Morgan fingerprint density at radius 1 is 1.17 bits per heavy atom. The highest BCUT2D eigenvalue weighted by Gasteiger charge is 2.29. The lowest BCUT2D eigenvalue weighted by Crippen LogP contribution is -2.38. The highest BCUT2D eigenvalue weighted by Crippen LogP contribution is 2.28. The van der Waals surface area contributed by atoms with Gasteiger partial charge in [0.15, 0.2) is 16.4 Å². The second-order valence-electron chi connectivity index (χ2n) is 7.11. The van der Waals surface area contributed by atoms with Gasteiger partial charge in [-0.1, -0.05) is 12.1 Å². The van der Waals surface area contributed by atoms with Gasteiger partial charge in [0.25, 0.3) is 0 Å². The second kappa shape index (κ2) is 8.16. The maximum atomic E-state index is 13.7. The monoisotopic (exact) mass is 416 g/mol. The molecule has 0 bridgehead atoms. The zero-order chi connectivity index (χ0) is 21.2. The van der Waals surface area contributed by atoms with Gasteiger partial charge in [-0.15, -0.1) is 0 Å². The van der Waals surface area contributed by atoms with Crippen LogP contribution in [0.15, 0.2) is 36.4 Å². The van der Waals surface area contributed by atoms with Crippen molar-refractivity contribution in [2.45, 2.75) is 39.9 Å². The third-order valence-corrected chi connectivity index (χ3v) is 4.97. The molecule has 0 saturated carbocycles. The quantitative estimate of drug-likeness (QED) is 0.597. The van der Waals surface area contributed by atoms with E-state index in [-0.39, 0.29) is 12.4 Å². The highest BCUT2D eigenvalue weighted by molar-refractivity contribution is 7.05. The number of halogens is 1. The van der Waals surface area contributed by atoms with Crippen molar-refractivity contribution in [2.24, 2.45) is 0 Å². The van der Waals surface area contributed by atoms with E-state index in [1.165, 1.54) is 31.4 Å². The largest absolute Gasteiger partial charge is 0.486 e. The minimum atomic E-state index is -1.33. The van der Waals surface area contributed by atoms with Crippen LogP contribution < -0.4 is 9.47 Å². The number of carboxylic acid groups (broad SMARTS) is 1. The topological polar surface area (TPSA) is 81.5 Å². The molecule has 0 aliphatic rings. The van der Waals surface area contributed by atoms with Gasteiger partial charge in [0.2, 0.25) is 0 Å². The summed E-state index contributed by atoms with van der Waals surface area (Å²) in [6.07, 6.45) is 0. The predicted molar refractivity (Wildman–Crippen MR) is 108 cm³/mol. The van der Waals surface area contributed by atoms with Crippen LogP contribution in [-0.2, 0) is 11.4 Å². The number of benzene rings is 2. The number of rotatable bonds is 7. The lowest BCUT2D eigenvalue weighted by molar-refractivity contribution is -0.152. The van der Waals surface area contributed by atoms with Gasteiger partial charge >= 0.3 is 5.97 Å². The van der Waals surface area contributed by atoms with E-state index in [2.05, 4.69) is 9.36 Å². The predicted octanol–water partition coefficient (Wildman–Crippen LogP) is 4.78. The summed E-state index contributed by atoms with van der Waals surface area (Å²) in [4.78, 5) is 15.6. The first-order valence-corrected chi connectivity index (χ1v) is 9.68. The molecule has 8 heteroatoms. The van der Waals surface area contributed by atoms with Gasteiger partial charge in [0.05, 0.1) is 0 Å². The number of aromatic nitrogens is 2. The van der Waals surface area contributed by atoms with Crippen LogP contribution in [0.5, 0.6) is 11.5 Å². The number of carbonyl (C=O) groups is 1. The second-order valence-corrected chi connectivity index (χ2v) is 7.95. The van der Waals surface area contributed by atoms with Crippen LogP contribution in [0.1, 0.15) is 30.0 Å². The molecule has 3 rings (SSSR count). The van der Waals surface area contributed by atoms with Crippen LogP contribution in [0.4, 0.5) is 4.39 Å². The smallest absolute Gasteiger partial charge is 0.347 e. The molecule has 152 valence electrons. The fourth-order valence-electron chi connectivity index (χ4n) is 2.45. The fraction of sp³-hybridized carbons (Fsp3) is 0.286. The number of ether oxygens (including phenoxy) is 2. The average Bonchev–Trinajstić information content (AvgIpc) is 3.13. The molecule has 1 heterocycles. The third-order valence-electron chi connectivity index (χ3n) is 4.29. The van der Waals surface area contributed by atoms with Crippen molar-refractivity contribution in [3.63, 3.8) is 0 Å². The highest BCUT2D eigenvalue weighted by atomic mass is 32.1. The number of aliphatic carboxylic acids is 1. The summed E-state index contributed by atoms with van der Waals surface area (Å²) in [5, 5.41) is 9.85. The van der Waals surface area contributed by atoms with Crippen LogP contribution in [0.2, 0.25) is 0 Å². The van der Waals surface area contributed by atoms with E-state index in [1.54, 1.807) is 37.3 Å². The molecule has 29 heavy (non-hydrogen) atoms. The third kappa shape index (κ3) is 4.89. The van der Waals surface area contributed by atoms with Crippen LogP contribution in [0.3, 0.4) is 0 Å². The van der Waals surface area contributed by atoms with Crippen LogP contribution >= 0.6 is 11.5 Å². The summed E-state index contributed by atoms with van der Waals surface area (Å²) in [5.41, 5.74) is 0.618. The van der Waals surface area contributed by atoms with E-state index >= 15 is 0 Å². The average molecular weight is 416 g/mol. The molecule has 1 aromatic heterocycles. The van der Waals surface area contributed by atoms with Crippen molar-refractivity contribution in [1.29, 1.82) is 0 Å². The summed E-state index contributed by atoms with van der Waals surface area (Å²) >= 11 is 1.19. The Bertz CT molecular complexity index is 1050. The summed E-state index contributed by atoms with van der Waals surface area (Å²) < 4.78 is 29.3. The van der Waals surface area contributed by atoms with Gasteiger partial charge in [0.1, 0.15) is 23.9 Å². The number of nitrogens with zero attached hydrogens (tertiary/aromatic N) is 2. The number of carboxylic acids is 1. The summed E-state index contributed by atoms with van der Waals surface area (Å²) in [7, 11) is 0. The zero-order valence-corrected chi connectivity index (χ0v) is 17.3. The van der Waals surface area contributed by atoms with Crippen molar-refractivity contribution in [1.82, 2.24) is 9.36 Å². The minimum absolute atomic E-state index is 0.215. The van der Waals surface area contributed by atoms with E-state index < -0.39 is 11.6 Å². The molecule has 0 atom stereocenters. The first kappa shape index (κ1) is 20.7. The zero-order valence-electron chi connectivity index (χ0n) is 16.5. The molecule has 0 aliphatic carbocycles. The number of hydrogen-bond acceptors (Lipinski definition) is 6. The van der Waals surface area contributed by atoms with Crippen LogP contribution in [0.25, 0.3) is 11.4 Å². The SMILES string of the molecule is Cc1ccc(-c2nsc(COc3ccc(OC(C)(C)C(=O)O)c(C)c3)n2)cc1F. The molecule has 0 amide bonds. The van der Waals surface area contributed by atoms with Gasteiger partial charge in [-0.05, 0) is 74.6 Å². The van der Waals surface area contributed by atoms with E-state index in [4.69, 9.17) is 9.47 Å². The van der Waals surface area contributed by atoms with Gasteiger partial charge in [-0.3, -0.25) is 0 Å². The lowest BCUT2D eigenvalue weighted by Gasteiger charge is -2.23. The van der Waals surface area contributed by atoms with E-state index in [0.29, 0.717) is 33.5 Å². The van der Waals surface area contributed by atoms with Gasteiger partial charge in [-0.2, -0.15) is 4.37 Å². The van der Waals surface area contributed by atoms with Crippen molar-refractivity contribution in [3.05, 3.63) is 58.3 Å². The summed E-state index contributed by atoms with van der Waals surface area (Å²) in [5.74, 6) is 0.200. The van der Waals surface area contributed by atoms with Crippen molar-refractivity contribution < 1.29 is 23.8 Å². The van der Waals surface area contributed by atoms with Crippen LogP contribution in [-0.4, -0.2) is 26.0 Å². The summed E-state index contributed by atoms with van der Waals surface area (Å²) in [6, 6.07) is 10.0. The Morgan fingerprint density at radius 3 is 2.59 bits per heavy atom. The Balaban J connectivity index is 1.66. The first-order chi connectivity index (χ1) is 13.7. The molecule has 2 aromatic carbocycles. The number of aryl methyl sites for hydroxylation is 2. The van der Waals surface area contributed by atoms with Gasteiger partial charge in [-0.25, -0.2) is 14.2 Å². The normalized spacial score (nSPS) is 11.3. The molecular formula is C21H21FN2O4S. The first-order valence-electron chi connectivity index (χ1n) is 8.90. The Morgan fingerprint density at radius 2 is 1.93 bits per heavy atom. The maximum Gasteiger partial charge on any atom is 0.347 e. The minimum Gasteiger partial charge on any atom is -0.486 e. The van der Waals surface area contributed by atoms with Gasteiger partial charge < -0.3 is 14.6 Å². The maximum absolute atomic E-state index is 13.7. The Kier molecular flexibility index (Phi) is 5.83. The molecule has 3 aromatic rings. The Hall–Kier alpha value is -3.00. The van der Waals surface area contributed by atoms with E-state index in [1.807, 2.05) is 6.92 Å². The van der Waals surface area contributed by atoms with E-state index in [0.717, 1.165) is 5.56 Å². The Labute approximate surface area is 172 Å². The molecule has 0 saturated heterocycles. The van der Waals surface area contributed by atoms with Crippen molar-refractivity contribution >= 4 is 17.5 Å². The summed E-state index contributed by atoms with van der Waals surface area (Å²) in [6.45, 7) is 6.72. The van der Waals surface area contributed by atoms with E-state index in [9.17, 15) is 14.3 Å². The molecule has 0 unspecified atom stereocenters. The molecule has 0 spiro atoms. The molecule has 1 N–H and O–H groups in total. The molecule has 6 nitrogen and oxygen atoms in total. The molecule has 0 aliphatic heterocycles.